The van der Waals surface area contributed by atoms with E-state index in [1.165, 1.54) is 5.56 Å². The van der Waals surface area contributed by atoms with Gasteiger partial charge in [-0.25, -0.2) is 4.98 Å². The minimum absolute atomic E-state index is 0.0871. The number of morpholine rings is 1. The van der Waals surface area contributed by atoms with Gasteiger partial charge in [0, 0.05) is 49.8 Å². The highest BCUT2D eigenvalue weighted by Crippen LogP contribution is 2.30. The van der Waals surface area contributed by atoms with Crippen molar-refractivity contribution >= 4 is 16.6 Å². The molecule has 38 heavy (non-hydrogen) atoms. The third-order valence-corrected chi connectivity index (χ3v) is 7.03. The van der Waals surface area contributed by atoms with Gasteiger partial charge < -0.3 is 19.2 Å². The van der Waals surface area contributed by atoms with Gasteiger partial charge in [0.2, 0.25) is 0 Å². The van der Waals surface area contributed by atoms with Crippen molar-refractivity contribution in [2.24, 2.45) is 0 Å². The van der Waals surface area contributed by atoms with E-state index in [0.29, 0.717) is 19.0 Å². The Balaban J connectivity index is 1.37. The zero-order chi connectivity index (χ0) is 26.2. The molecule has 0 amide bonds. The van der Waals surface area contributed by atoms with Crippen LogP contribution in [0.3, 0.4) is 0 Å². The average Bonchev–Trinajstić information content (AvgIpc) is 3.40. The number of aromatic amines is 1. The van der Waals surface area contributed by atoms with Gasteiger partial charge in [0.1, 0.15) is 17.5 Å². The molecule has 2 saturated heterocycles. The second kappa shape index (κ2) is 12.7. The van der Waals surface area contributed by atoms with Gasteiger partial charge in [-0.05, 0) is 40.5 Å². The molecule has 0 bridgehead atoms. The lowest BCUT2D eigenvalue weighted by Crippen LogP contribution is -2.35. The first kappa shape index (κ1) is 25.9. The molecule has 5 rings (SSSR count). The number of H-pyrrole nitrogens is 1. The first-order valence-corrected chi connectivity index (χ1v) is 13.3. The Kier molecular flexibility index (Phi) is 8.67. The van der Waals surface area contributed by atoms with Crippen molar-refractivity contribution in [1.82, 2.24) is 14.9 Å². The highest BCUT2D eigenvalue weighted by molar-refractivity contribution is 5.95. The van der Waals surface area contributed by atoms with Crippen molar-refractivity contribution in [1.29, 1.82) is 5.26 Å². The van der Waals surface area contributed by atoms with Crippen LogP contribution in [0.1, 0.15) is 30.4 Å². The number of pyridine rings is 1. The summed E-state index contributed by atoms with van der Waals surface area (Å²) in [5, 5.41) is 10.3. The van der Waals surface area contributed by atoms with Crippen molar-refractivity contribution in [3.05, 3.63) is 84.3 Å². The lowest BCUT2D eigenvalue weighted by Gasteiger charge is -2.26. The van der Waals surface area contributed by atoms with E-state index in [2.05, 4.69) is 57.8 Å². The van der Waals surface area contributed by atoms with Gasteiger partial charge in [-0.1, -0.05) is 43.0 Å². The first-order chi connectivity index (χ1) is 18.7. The van der Waals surface area contributed by atoms with Crippen LogP contribution >= 0.6 is 0 Å². The quantitative estimate of drug-likeness (QED) is 0.297. The van der Waals surface area contributed by atoms with Crippen LogP contribution < -0.4 is 0 Å². The lowest BCUT2D eigenvalue weighted by molar-refractivity contribution is -0.00474. The summed E-state index contributed by atoms with van der Waals surface area (Å²) < 4.78 is 17.0. The molecule has 196 valence electrons. The summed E-state index contributed by atoms with van der Waals surface area (Å²) in [6.07, 6.45) is 9.49. The van der Waals surface area contributed by atoms with Crippen molar-refractivity contribution < 1.29 is 14.2 Å². The van der Waals surface area contributed by atoms with Gasteiger partial charge in [0.15, 0.2) is 0 Å². The maximum Gasteiger partial charge on any atom is 0.138 e. The highest BCUT2D eigenvalue weighted by Gasteiger charge is 2.16. The highest BCUT2D eigenvalue weighted by atomic mass is 16.5. The third-order valence-electron chi connectivity index (χ3n) is 7.03. The number of nitrogens with one attached hydrogen (secondary N) is 1. The number of rotatable bonds is 9. The maximum absolute atomic E-state index is 9.30. The molecule has 3 aromatic rings. The van der Waals surface area contributed by atoms with E-state index in [4.69, 9.17) is 14.2 Å². The summed E-state index contributed by atoms with van der Waals surface area (Å²) in [6, 6.07) is 15.1. The number of ether oxygens (including phenoxy) is 3. The predicted molar refractivity (Wildman–Crippen MR) is 149 cm³/mol. The molecule has 1 aromatic carbocycles. The molecule has 4 heterocycles. The summed E-state index contributed by atoms with van der Waals surface area (Å²) in [5.41, 5.74) is 6.22. The zero-order valence-corrected chi connectivity index (χ0v) is 21.7. The van der Waals surface area contributed by atoms with E-state index in [0.717, 1.165) is 79.1 Å². The minimum Gasteiger partial charge on any atom is -0.494 e. The van der Waals surface area contributed by atoms with E-state index in [1.54, 1.807) is 6.20 Å². The zero-order valence-electron chi connectivity index (χ0n) is 21.7. The van der Waals surface area contributed by atoms with Crippen LogP contribution in [0.5, 0.6) is 0 Å². The summed E-state index contributed by atoms with van der Waals surface area (Å²) in [7, 11) is 0. The predicted octanol–water partition coefficient (Wildman–Crippen LogP) is 5.62. The molecule has 7 nitrogen and oxygen atoms in total. The van der Waals surface area contributed by atoms with Crippen molar-refractivity contribution in [3.63, 3.8) is 0 Å². The molecule has 2 fully saturated rings. The van der Waals surface area contributed by atoms with Gasteiger partial charge in [-0.2, -0.15) is 5.26 Å². The number of allylic oxidation sites excluding steroid dienone is 5. The average molecular weight is 511 g/mol. The Bertz CT molecular complexity index is 1340. The van der Waals surface area contributed by atoms with E-state index >= 15 is 0 Å². The van der Waals surface area contributed by atoms with Crippen LogP contribution in [0.15, 0.2) is 73.2 Å². The Hall–Kier alpha value is -3.70. The molecule has 0 atom stereocenters. The molecular weight excluding hydrogens is 476 g/mol. The maximum atomic E-state index is 9.30. The van der Waals surface area contributed by atoms with Gasteiger partial charge in [0.05, 0.1) is 38.9 Å². The van der Waals surface area contributed by atoms with Crippen molar-refractivity contribution in [2.75, 3.05) is 39.5 Å². The fourth-order valence-corrected chi connectivity index (χ4v) is 4.92. The van der Waals surface area contributed by atoms with Gasteiger partial charge in [-0.15, -0.1) is 0 Å². The van der Waals surface area contributed by atoms with Crippen molar-refractivity contribution in [2.45, 2.75) is 31.9 Å². The summed E-state index contributed by atoms with van der Waals surface area (Å²) in [5.74, 6) is 0.663. The summed E-state index contributed by atoms with van der Waals surface area (Å²) in [4.78, 5) is 10.5. The topological polar surface area (TPSA) is 83.4 Å². The Morgan fingerprint density at radius 3 is 2.61 bits per heavy atom. The Labute approximate surface area is 224 Å². The summed E-state index contributed by atoms with van der Waals surface area (Å²) >= 11 is 0. The monoisotopic (exact) mass is 510 g/mol. The van der Waals surface area contributed by atoms with Gasteiger partial charge >= 0.3 is 0 Å². The molecule has 0 aliphatic carbocycles. The summed E-state index contributed by atoms with van der Waals surface area (Å²) in [6.45, 7) is 9.94. The van der Waals surface area contributed by atoms with E-state index in [1.807, 2.05) is 24.3 Å². The van der Waals surface area contributed by atoms with Crippen LogP contribution in [0.25, 0.3) is 27.9 Å². The van der Waals surface area contributed by atoms with E-state index in [9.17, 15) is 5.26 Å². The lowest BCUT2D eigenvalue weighted by atomic mass is 10.0. The standard InChI is InChI=1S/C31H34N4O3/c1-2-24(7-8-26(9-13-32)38-27-11-17-36-18-12-27)28-10-14-33-31-29(28)21-30(34-31)25-5-3-23(4-6-25)22-35-15-19-37-20-16-35/h2-8,10,14,21,27H,1,9,11-12,15-20,22H2,(H,33,34)/b24-7+,26-8+. The second-order valence-electron chi connectivity index (χ2n) is 9.61. The van der Waals surface area contributed by atoms with Gasteiger partial charge in [-0.3, -0.25) is 4.90 Å². The molecule has 2 aliphatic heterocycles. The molecule has 0 spiro atoms. The second-order valence-corrected chi connectivity index (χ2v) is 9.61. The number of benzene rings is 1. The third kappa shape index (κ3) is 6.40. The minimum atomic E-state index is 0.0871. The Morgan fingerprint density at radius 2 is 1.87 bits per heavy atom. The smallest absolute Gasteiger partial charge is 0.138 e. The van der Waals surface area contributed by atoms with Crippen LogP contribution in [-0.2, 0) is 20.8 Å². The van der Waals surface area contributed by atoms with Crippen molar-refractivity contribution in [3.8, 4) is 17.3 Å². The number of nitriles is 1. The molecule has 2 aliphatic rings. The molecule has 1 N–H and O–H groups in total. The number of aromatic nitrogens is 2. The number of hydrogen-bond acceptors (Lipinski definition) is 6. The van der Waals surface area contributed by atoms with Crippen LogP contribution in [0.4, 0.5) is 0 Å². The first-order valence-electron chi connectivity index (χ1n) is 13.3. The fourth-order valence-electron chi connectivity index (χ4n) is 4.92. The SMILES string of the molecule is C=C/C(=C\C=C(/CC#N)OC1CCOCC1)c1ccnc2[nH]c(-c3ccc(CN4CCOCC4)cc3)cc12. The molecule has 2 aromatic heterocycles. The molecule has 0 saturated carbocycles. The molecule has 0 unspecified atom stereocenters. The Morgan fingerprint density at radius 1 is 1.11 bits per heavy atom. The van der Waals surface area contributed by atoms with Crippen LogP contribution in [0.2, 0.25) is 0 Å². The van der Waals surface area contributed by atoms with E-state index < -0.39 is 0 Å². The molecular formula is C31H34N4O3. The van der Waals surface area contributed by atoms with Crippen LogP contribution in [0, 0.1) is 11.3 Å². The van der Waals surface area contributed by atoms with E-state index in [-0.39, 0.29) is 12.5 Å². The number of hydrogen-bond donors (Lipinski definition) is 1. The largest absolute Gasteiger partial charge is 0.494 e. The molecule has 0 radical (unpaired) electrons. The molecule has 7 heteroatoms. The van der Waals surface area contributed by atoms with Crippen LogP contribution in [-0.4, -0.2) is 60.5 Å². The normalized spacial score (nSPS) is 17.9. The number of fused-ring (bicyclic) bond motifs is 1. The fraction of sp³-hybridized carbons (Fsp3) is 0.355. The van der Waals surface area contributed by atoms with Gasteiger partial charge in [0.25, 0.3) is 0 Å². The number of nitrogens with zero attached hydrogens (tertiary/aromatic N) is 3.